The van der Waals surface area contributed by atoms with Crippen LogP contribution >= 0.6 is 0 Å². The number of hydrogen-bond acceptors (Lipinski definition) is 2. The highest BCUT2D eigenvalue weighted by Crippen LogP contribution is 2.23. The van der Waals surface area contributed by atoms with E-state index in [2.05, 4.69) is 10.6 Å². The first-order valence-corrected chi connectivity index (χ1v) is 8.65. The highest BCUT2D eigenvalue weighted by molar-refractivity contribution is 5.80. The molecule has 1 aliphatic carbocycles. The molecule has 5 nitrogen and oxygen atoms in total. The lowest BCUT2D eigenvalue weighted by atomic mass is 9.95. The molecule has 1 aromatic carbocycles. The maximum Gasteiger partial charge on any atom is 0.317 e. The van der Waals surface area contributed by atoms with Gasteiger partial charge in [0.2, 0.25) is 5.91 Å². The molecule has 3 amide bonds. The van der Waals surface area contributed by atoms with E-state index in [1.807, 2.05) is 0 Å². The number of urea groups is 1. The normalized spacial score (nSPS) is 19.7. The average Bonchev–Trinajstić information content (AvgIpc) is 3.39. The third-order valence-corrected chi connectivity index (χ3v) is 4.79. The van der Waals surface area contributed by atoms with Crippen molar-refractivity contribution in [2.24, 2.45) is 5.92 Å². The first-order chi connectivity index (χ1) is 11.5. The number of piperidine rings is 1. The molecule has 0 unspecified atom stereocenters. The summed E-state index contributed by atoms with van der Waals surface area (Å²) in [5.41, 5.74) is 0.493. The van der Waals surface area contributed by atoms with Gasteiger partial charge < -0.3 is 15.5 Å². The maximum absolute atomic E-state index is 13.8. The highest BCUT2D eigenvalue weighted by atomic mass is 19.1. The largest absolute Gasteiger partial charge is 0.349 e. The second-order valence-corrected chi connectivity index (χ2v) is 6.74. The number of likely N-dealkylation sites (tertiary alicyclic amines) is 1. The van der Waals surface area contributed by atoms with Gasteiger partial charge in [-0.3, -0.25) is 4.79 Å². The fraction of sp³-hybridized carbons (Fsp3) is 0.556. The van der Waals surface area contributed by atoms with Crippen LogP contribution in [0.25, 0.3) is 0 Å². The minimum absolute atomic E-state index is 0.0175. The van der Waals surface area contributed by atoms with E-state index >= 15 is 0 Å². The van der Waals surface area contributed by atoms with Crippen LogP contribution < -0.4 is 10.6 Å². The summed E-state index contributed by atoms with van der Waals surface area (Å²) < 4.78 is 13.8. The highest BCUT2D eigenvalue weighted by Gasteiger charge is 2.31. The summed E-state index contributed by atoms with van der Waals surface area (Å²) in [7, 11) is 0. The van der Waals surface area contributed by atoms with E-state index in [0.29, 0.717) is 37.5 Å². The third kappa shape index (κ3) is 4.04. The first kappa shape index (κ1) is 16.7. The van der Waals surface area contributed by atoms with Crippen molar-refractivity contribution >= 4 is 11.9 Å². The Morgan fingerprint density at radius 3 is 2.46 bits per heavy atom. The van der Waals surface area contributed by atoms with Crippen LogP contribution in [0.1, 0.15) is 44.2 Å². The van der Waals surface area contributed by atoms with Crippen LogP contribution in [-0.2, 0) is 4.79 Å². The van der Waals surface area contributed by atoms with Crippen LogP contribution in [0.5, 0.6) is 0 Å². The van der Waals surface area contributed by atoms with Gasteiger partial charge in [-0.05, 0) is 38.7 Å². The molecule has 0 bridgehead atoms. The van der Waals surface area contributed by atoms with Gasteiger partial charge in [-0.1, -0.05) is 18.2 Å². The fourth-order valence-corrected chi connectivity index (χ4v) is 3.07. The van der Waals surface area contributed by atoms with E-state index in [4.69, 9.17) is 0 Å². The van der Waals surface area contributed by atoms with E-state index in [-0.39, 0.29) is 29.7 Å². The van der Waals surface area contributed by atoms with E-state index < -0.39 is 0 Å². The lowest BCUT2D eigenvalue weighted by Gasteiger charge is -2.32. The van der Waals surface area contributed by atoms with E-state index in [0.717, 1.165) is 12.8 Å². The van der Waals surface area contributed by atoms with Crippen LogP contribution in [0, 0.1) is 11.7 Å². The lowest BCUT2D eigenvalue weighted by molar-refractivity contribution is -0.126. The van der Waals surface area contributed by atoms with Gasteiger partial charge in [0.1, 0.15) is 5.82 Å². The van der Waals surface area contributed by atoms with Gasteiger partial charge >= 0.3 is 6.03 Å². The number of benzene rings is 1. The summed E-state index contributed by atoms with van der Waals surface area (Å²) in [6, 6.07) is 6.44. The molecule has 0 radical (unpaired) electrons. The Bertz CT molecular complexity index is 610. The summed E-state index contributed by atoms with van der Waals surface area (Å²) in [6.45, 7) is 2.96. The van der Waals surface area contributed by atoms with Gasteiger partial charge in [0, 0.05) is 30.6 Å². The number of rotatable bonds is 4. The molecule has 130 valence electrons. The standard InChI is InChI=1S/C18H24FN3O2/c1-12(15-4-2-3-5-16(15)19)20-17(23)13-8-10-22(11-9-13)18(24)21-14-6-7-14/h2-5,12-14H,6-11H2,1H3,(H,20,23)(H,21,24)/t12-/m0/s1. The monoisotopic (exact) mass is 333 g/mol. The molecule has 1 heterocycles. The fourth-order valence-electron chi connectivity index (χ4n) is 3.07. The number of nitrogens with zero attached hydrogens (tertiary/aromatic N) is 1. The zero-order valence-corrected chi connectivity index (χ0v) is 13.9. The number of amides is 3. The Hall–Kier alpha value is -2.11. The van der Waals surface area contributed by atoms with Gasteiger partial charge in [0.15, 0.2) is 0 Å². The van der Waals surface area contributed by atoms with E-state index in [1.54, 1.807) is 30.0 Å². The van der Waals surface area contributed by atoms with E-state index in [9.17, 15) is 14.0 Å². The number of halogens is 1. The minimum Gasteiger partial charge on any atom is -0.349 e. The van der Waals surface area contributed by atoms with E-state index in [1.165, 1.54) is 6.07 Å². The summed E-state index contributed by atoms with van der Waals surface area (Å²) in [6.07, 6.45) is 3.43. The summed E-state index contributed by atoms with van der Waals surface area (Å²) in [4.78, 5) is 26.2. The molecule has 2 aliphatic rings. The molecule has 1 aliphatic heterocycles. The predicted octanol–water partition coefficient (Wildman–Crippen LogP) is 2.59. The first-order valence-electron chi connectivity index (χ1n) is 8.65. The Kier molecular flexibility index (Phi) is 5.02. The van der Waals surface area contributed by atoms with Crippen molar-refractivity contribution in [3.8, 4) is 0 Å². The molecule has 3 rings (SSSR count). The lowest BCUT2D eigenvalue weighted by Crippen LogP contribution is -2.47. The van der Waals surface area contributed by atoms with Crippen LogP contribution in [0.15, 0.2) is 24.3 Å². The Morgan fingerprint density at radius 2 is 1.83 bits per heavy atom. The van der Waals surface area contributed by atoms with Crippen molar-refractivity contribution in [3.63, 3.8) is 0 Å². The summed E-state index contributed by atoms with van der Waals surface area (Å²) >= 11 is 0. The average molecular weight is 333 g/mol. The molecule has 24 heavy (non-hydrogen) atoms. The molecule has 2 fully saturated rings. The van der Waals surface area contributed by atoms with Gasteiger partial charge in [-0.25, -0.2) is 9.18 Å². The molecule has 1 atom stereocenters. The number of carbonyl (C=O) groups is 2. The molecular weight excluding hydrogens is 309 g/mol. The minimum atomic E-state index is -0.366. The summed E-state index contributed by atoms with van der Waals surface area (Å²) in [5.74, 6) is -0.492. The van der Waals surface area contributed by atoms with Crippen molar-refractivity contribution in [3.05, 3.63) is 35.6 Å². The van der Waals surface area contributed by atoms with Crippen LogP contribution in [0.3, 0.4) is 0 Å². The second kappa shape index (κ2) is 7.20. The van der Waals surface area contributed by atoms with Gasteiger partial charge in [0.25, 0.3) is 0 Å². The van der Waals surface area contributed by atoms with Crippen molar-refractivity contribution in [2.75, 3.05) is 13.1 Å². The molecule has 6 heteroatoms. The zero-order valence-electron chi connectivity index (χ0n) is 13.9. The van der Waals surface area contributed by atoms with Crippen LogP contribution in [0.4, 0.5) is 9.18 Å². The van der Waals surface area contributed by atoms with Gasteiger partial charge in [-0.15, -0.1) is 0 Å². The zero-order chi connectivity index (χ0) is 17.1. The molecule has 1 saturated heterocycles. The van der Waals surface area contributed by atoms with Crippen molar-refractivity contribution in [1.82, 2.24) is 15.5 Å². The number of hydrogen-bond donors (Lipinski definition) is 2. The third-order valence-electron chi connectivity index (χ3n) is 4.79. The molecule has 1 aromatic rings. The molecule has 0 aromatic heterocycles. The van der Waals surface area contributed by atoms with Crippen molar-refractivity contribution < 1.29 is 14.0 Å². The molecule has 2 N–H and O–H groups in total. The predicted molar refractivity (Wildman–Crippen MR) is 88.8 cm³/mol. The summed E-state index contributed by atoms with van der Waals surface area (Å²) in [5, 5.41) is 5.87. The quantitative estimate of drug-likeness (QED) is 0.890. The molecule has 0 spiro atoms. The molecule has 1 saturated carbocycles. The van der Waals surface area contributed by atoms with Crippen molar-refractivity contribution in [1.29, 1.82) is 0 Å². The number of nitrogens with one attached hydrogen (secondary N) is 2. The number of carbonyl (C=O) groups excluding carboxylic acids is 2. The smallest absolute Gasteiger partial charge is 0.317 e. The topological polar surface area (TPSA) is 61.4 Å². The second-order valence-electron chi connectivity index (χ2n) is 6.74. The van der Waals surface area contributed by atoms with Crippen LogP contribution in [0.2, 0.25) is 0 Å². The Labute approximate surface area is 141 Å². The van der Waals surface area contributed by atoms with Gasteiger partial charge in [0.05, 0.1) is 6.04 Å². The maximum atomic E-state index is 13.8. The Morgan fingerprint density at radius 1 is 1.17 bits per heavy atom. The Balaban J connectivity index is 1.48. The molecular formula is C18H24FN3O2. The SMILES string of the molecule is C[C@H](NC(=O)C1CCN(C(=O)NC2CC2)CC1)c1ccccc1F. The van der Waals surface area contributed by atoms with Crippen LogP contribution in [-0.4, -0.2) is 36.0 Å². The van der Waals surface area contributed by atoms with Gasteiger partial charge in [-0.2, -0.15) is 0 Å². The van der Waals surface area contributed by atoms with Crippen molar-refractivity contribution in [2.45, 2.75) is 44.7 Å².